The van der Waals surface area contributed by atoms with Gasteiger partial charge in [0.15, 0.2) is 5.17 Å². The Hall–Kier alpha value is -0.510. The molecule has 0 rings (SSSR count). The highest BCUT2D eigenvalue weighted by molar-refractivity contribution is 8.26. The minimum absolute atomic E-state index is 0.0140. The fraction of sp³-hybridized carbons (Fsp3) is 0.667. The molecule has 0 saturated carbocycles. The first-order valence-electron chi connectivity index (χ1n) is 2.95. The zero-order valence-electron chi connectivity index (χ0n) is 6.49. The lowest BCUT2D eigenvalue weighted by molar-refractivity contribution is 0.599. The van der Waals surface area contributed by atoms with Crippen LogP contribution in [0, 0.1) is 16.2 Å². The number of nitrogens with one attached hydrogen (secondary N) is 2. The van der Waals surface area contributed by atoms with Crippen molar-refractivity contribution in [2.45, 2.75) is 20.8 Å². The Morgan fingerprint density at radius 3 is 1.80 bits per heavy atom. The summed E-state index contributed by atoms with van der Waals surface area (Å²) in [6.07, 6.45) is 0. The van der Waals surface area contributed by atoms with E-state index in [1.54, 1.807) is 0 Å². The van der Waals surface area contributed by atoms with Crippen LogP contribution in [0.2, 0.25) is 0 Å². The lowest BCUT2D eigenvalue weighted by Gasteiger charge is -2.17. The fourth-order valence-electron chi connectivity index (χ4n) is 0.263. The molecule has 0 bridgehead atoms. The van der Waals surface area contributed by atoms with E-state index in [4.69, 9.17) is 16.6 Å². The van der Waals surface area contributed by atoms with Gasteiger partial charge in [0.1, 0.15) is 0 Å². The van der Waals surface area contributed by atoms with E-state index in [1.165, 1.54) is 0 Å². The molecule has 0 aliphatic carbocycles. The van der Waals surface area contributed by atoms with Gasteiger partial charge >= 0.3 is 0 Å². The minimum atomic E-state index is -0.184. The van der Waals surface area contributed by atoms with Gasteiger partial charge < -0.3 is 5.73 Å². The molecule has 3 nitrogen and oxygen atoms in total. The molecular weight excluding hydrogens is 146 g/mol. The molecule has 4 N–H and O–H groups in total. The van der Waals surface area contributed by atoms with Crippen LogP contribution in [0.5, 0.6) is 0 Å². The molecule has 0 radical (unpaired) electrons. The Kier molecular flexibility index (Phi) is 2.90. The highest BCUT2D eigenvalue weighted by Crippen LogP contribution is 2.22. The summed E-state index contributed by atoms with van der Waals surface area (Å²) in [7, 11) is 0. The van der Waals surface area contributed by atoms with Crippen LogP contribution in [-0.4, -0.2) is 10.2 Å². The zero-order valence-corrected chi connectivity index (χ0v) is 7.30. The van der Waals surface area contributed by atoms with Crippen LogP contribution in [0.4, 0.5) is 0 Å². The first kappa shape index (κ1) is 9.49. The fourth-order valence-corrected chi connectivity index (χ4v) is 0.789. The molecule has 0 aromatic rings. The van der Waals surface area contributed by atoms with Gasteiger partial charge in [-0.1, -0.05) is 20.8 Å². The first-order valence-corrected chi connectivity index (χ1v) is 3.76. The van der Waals surface area contributed by atoms with E-state index >= 15 is 0 Å². The van der Waals surface area contributed by atoms with Gasteiger partial charge in [-0.3, -0.25) is 10.8 Å². The smallest absolute Gasteiger partial charge is 0.157 e. The maximum atomic E-state index is 7.41. The number of rotatable bonds is 0. The topological polar surface area (TPSA) is 73.7 Å². The van der Waals surface area contributed by atoms with E-state index in [2.05, 4.69) is 0 Å². The molecular formula is C6H13N3S. The van der Waals surface area contributed by atoms with Crippen LogP contribution in [0.1, 0.15) is 20.8 Å². The summed E-state index contributed by atoms with van der Waals surface area (Å²) in [4.78, 5) is 0. The summed E-state index contributed by atoms with van der Waals surface area (Å²) in [6.45, 7) is 5.77. The second-order valence-electron chi connectivity index (χ2n) is 3.05. The lowest BCUT2D eigenvalue weighted by atomic mass is 9.99. The van der Waals surface area contributed by atoms with Gasteiger partial charge in [-0.05, 0) is 11.8 Å². The molecule has 0 aliphatic rings. The third-order valence-corrected chi connectivity index (χ3v) is 1.93. The molecule has 0 heterocycles. The summed E-state index contributed by atoms with van der Waals surface area (Å²) in [6, 6.07) is 0. The van der Waals surface area contributed by atoms with Gasteiger partial charge in [-0.15, -0.1) is 0 Å². The van der Waals surface area contributed by atoms with Crippen molar-refractivity contribution in [3.63, 3.8) is 0 Å². The standard InChI is InChI=1S/C6H13N3S/c1-6(2,3)4(7)10-5(8)9/h7H,1-3H3,(H3,8,9). The van der Waals surface area contributed by atoms with E-state index in [0.717, 1.165) is 11.8 Å². The molecule has 0 atom stereocenters. The van der Waals surface area contributed by atoms with E-state index < -0.39 is 0 Å². The Bertz CT molecular complexity index is 157. The molecule has 0 fully saturated rings. The molecule has 0 aromatic carbocycles. The van der Waals surface area contributed by atoms with Gasteiger partial charge in [0.05, 0.1) is 5.04 Å². The van der Waals surface area contributed by atoms with E-state index in [1.807, 2.05) is 20.8 Å². The third-order valence-electron chi connectivity index (χ3n) is 0.893. The molecule has 10 heavy (non-hydrogen) atoms. The maximum Gasteiger partial charge on any atom is 0.157 e. The van der Waals surface area contributed by atoms with Gasteiger partial charge in [-0.2, -0.15) is 0 Å². The number of hydrogen-bond acceptors (Lipinski definition) is 3. The highest BCUT2D eigenvalue weighted by atomic mass is 32.2. The Balaban J connectivity index is 3.99. The van der Waals surface area contributed by atoms with Gasteiger partial charge in [-0.25, -0.2) is 0 Å². The number of amidine groups is 1. The molecule has 0 spiro atoms. The van der Waals surface area contributed by atoms with Crippen molar-refractivity contribution in [1.29, 1.82) is 10.8 Å². The van der Waals surface area contributed by atoms with Crippen molar-refractivity contribution in [2.75, 3.05) is 0 Å². The predicted octanol–water partition coefficient (Wildman–Crippen LogP) is 1.64. The zero-order chi connectivity index (χ0) is 8.36. The van der Waals surface area contributed by atoms with Crippen molar-refractivity contribution in [3.8, 4) is 0 Å². The highest BCUT2D eigenvalue weighted by Gasteiger charge is 2.18. The average Bonchev–Trinajstić information content (AvgIpc) is 1.60. The maximum absolute atomic E-state index is 7.41. The van der Waals surface area contributed by atoms with Crippen molar-refractivity contribution < 1.29 is 0 Å². The number of hydrogen-bond donors (Lipinski definition) is 3. The molecule has 0 saturated heterocycles. The molecule has 0 amide bonds. The SMILES string of the molecule is CC(C)(C)C(=N)SC(=N)N. The van der Waals surface area contributed by atoms with Crippen molar-refractivity contribution in [1.82, 2.24) is 0 Å². The van der Waals surface area contributed by atoms with Crippen LogP contribution in [0.25, 0.3) is 0 Å². The largest absolute Gasteiger partial charge is 0.378 e. The number of nitrogens with two attached hydrogens (primary N) is 1. The van der Waals surface area contributed by atoms with Crippen LogP contribution in [0.3, 0.4) is 0 Å². The normalized spacial score (nSPS) is 11.1. The van der Waals surface area contributed by atoms with E-state index in [9.17, 15) is 0 Å². The summed E-state index contributed by atoms with van der Waals surface area (Å²) in [5.74, 6) is 0. The third kappa shape index (κ3) is 3.50. The Labute approximate surface area is 65.4 Å². The van der Waals surface area contributed by atoms with Crippen LogP contribution < -0.4 is 5.73 Å². The van der Waals surface area contributed by atoms with Gasteiger partial charge in [0, 0.05) is 5.41 Å². The quantitative estimate of drug-likeness (QED) is 0.371. The summed E-state index contributed by atoms with van der Waals surface area (Å²) in [5, 5.41) is 14.7. The van der Waals surface area contributed by atoms with Crippen LogP contribution >= 0.6 is 11.8 Å². The molecule has 0 aliphatic heterocycles. The van der Waals surface area contributed by atoms with Gasteiger partial charge in [0.2, 0.25) is 0 Å². The molecule has 58 valence electrons. The lowest BCUT2D eigenvalue weighted by Crippen LogP contribution is -2.19. The van der Waals surface area contributed by atoms with Crippen LogP contribution in [0.15, 0.2) is 0 Å². The second-order valence-corrected chi connectivity index (χ2v) is 4.10. The number of thioether (sulfide) groups is 1. The molecule has 4 heteroatoms. The summed E-state index contributed by atoms with van der Waals surface area (Å²) < 4.78 is 0. The van der Waals surface area contributed by atoms with Gasteiger partial charge in [0.25, 0.3) is 0 Å². The monoisotopic (exact) mass is 159 g/mol. The summed E-state index contributed by atoms with van der Waals surface area (Å²) >= 11 is 1.01. The van der Waals surface area contributed by atoms with E-state index in [0.29, 0.717) is 5.04 Å². The summed E-state index contributed by atoms with van der Waals surface area (Å²) in [5.41, 5.74) is 4.91. The van der Waals surface area contributed by atoms with Crippen LogP contribution in [-0.2, 0) is 0 Å². The predicted molar refractivity (Wildman–Crippen MR) is 46.7 cm³/mol. The van der Waals surface area contributed by atoms with Crippen molar-refractivity contribution in [2.24, 2.45) is 11.1 Å². The Morgan fingerprint density at radius 2 is 1.70 bits per heavy atom. The molecule has 0 unspecified atom stereocenters. The minimum Gasteiger partial charge on any atom is -0.378 e. The first-order chi connectivity index (χ1) is 4.34. The van der Waals surface area contributed by atoms with Crippen molar-refractivity contribution >= 4 is 22.0 Å². The Morgan fingerprint density at radius 1 is 1.30 bits per heavy atom. The van der Waals surface area contributed by atoms with E-state index in [-0.39, 0.29) is 10.6 Å². The second kappa shape index (κ2) is 3.05. The molecule has 0 aromatic heterocycles. The average molecular weight is 159 g/mol. The van der Waals surface area contributed by atoms with Crippen molar-refractivity contribution in [3.05, 3.63) is 0 Å².